The molecule has 0 saturated carbocycles. The summed E-state index contributed by atoms with van der Waals surface area (Å²) in [6, 6.07) is 11.8. The van der Waals surface area contributed by atoms with E-state index in [0.29, 0.717) is 52.4 Å². The third-order valence-corrected chi connectivity index (χ3v) is 5.93. The van der Waals surface area contributed by atoms with E-state index < -0.39 is 0 Å². The molecule has 0 atom stereocenters. The van der Waals surface area contributed by atoms with Crippen LogP contribution in [0.2, 0.25) is 5.02 Å². The Hall–Kier alpha value is -4.31. The minimum atomic E-state index is -0.255. The van der Waals surface area contributed by atoms with E-state index in [-0.39, 0.29) is 23.8 Å². The summed E-state index contributed by atoms with van der Waals surface area (Å²) in [6.07, 6.45) is 3.02. The lowest BCUT2D eigenvalue weighted by molar-refractivity contribution is 0.100. The number of hydrogen-bond donors (Lipinski definition) is 3. The average Bonchev–Trinajstić information content (AvgIpc) is 3.18. The van der Waals surface area contributed by atoms with Gasteiger partial charge in [-0.25, -0.2) is 14.8 Å². The number of ketones is 1. The summed E-state index contributed by atoms with van der Waals surface area (Å²) >= 11 is 6.27. The zero-order valence-corrected chi connectivity index (χ0v) is 19.3. The van der Waals surface area contributed by atoms with Crippen LogP contribution < -0.4 is 16.0 Å². The van der Waals surface area contributed by atoms with Crippen molar-refractivity contribution >= 4 is 58.7 Å². The quantitative estimate of drug-likeness (QED) is 0.447. The number of nitrogens with one attached hydrogen (secondary N) is 3. The lowest BCUT2D eigenvalue weighted by Crippen LogP contribution is -2.58. The van der Waals surface area contributed by atoms with Gasteiger partial charge in [-0.2, -0.15) is 4.98 Å². The monoisotopic (exact) mass is 489 g/mol. The molecular formula is C24H20ClN7O3. The number of fused-ring (bicyclic) bond motifs is 1. The van der Waals surface area contributed by atoms with Gasteiger partial charge in [0.1, 0.15) is 5.02 Å². The molecule has 0 spiro atoms. The predicted octanol–water partition coefficient (Wildman–Crippen LogP) is 3.98. The number of amides is 3. The van der Waals surface area contributed by atoms with Gasteiger partial charge in [-0.15, -0.1) is 0 Å². The van der Waals surface area contributed by atoms with Gasteiger partial charge in [-0.3, -0.25) is 9.59 Å². The number of hydrogen-bond acceptors (Lipinski definition) is 7. The van der Waals surface area contributed by atoms with Crippen molar-refractivity contribution in [2.45, 2.75) is 13.0 Å². The standard InChI is InChI=1S/C24H20ClN7O3/c1-13(33)14-2-4-16(5-3-14)30-24(35)32-11-18(12-32)28-21-20(25)10-27-23(31-21)29-17-6-7-19-15(8-17)9-26-22(19)34/h2-10,18H,11-12H2,1H3,(H,30,35)(H2,27,28,29,31). The van der Waals surface area contributed by atoms with Crippen molar-refractivity contribution in [3.63, 3.8) is 0 Å². The molecule has 2 aromatic carbocycles. The van der Waals surface area contributed by atoms with Crippen molar-refractivity contribution in [2.24, 2.45) is 4.99 Å². The molecule has 2 aliphatic heterocycles. The molecule has 5 rings (SSSR count). The van der Waals surface area contributed by atoms with Crippen LogP contribution in [0.15, 0.2) is 53.7 Å². The highest BCUT2D eigenvalue weighted by molar-refractivity contribution is 6.32. The predicted molar refractivity (Wildman–Crippen MR) is 133 cm³/mol. The molecular weight excluding hydrogens is 470 g/mol. The van der Waals surface area contributed by atoms with Crippen molar-refractivity contribution in [3.8, 4) is 0 Å². The van der Waals surface area contributed by atoms with E-state index in [9.17, 15) is 14.4 Å². The molecule has 10 nitrogen and oxygen atoms in total. The first-order valence-corrected chi connectivity index (χ1v) is 11.2. The number of carbonyl (C=O) groups is 3. The number of rotatable bonds is 6. The third-order valence-electron chi connectivity index (χ3n) is 5.66. The van der Waals surface area contributed by atoms with Crippen LogP contribution in [0.1, 0.15) is 33.2 Å². The Labute approximate surface area is 205 Å². The average molecular weight is 490 g/mol. The number of likely N-dealkylation sites (tertiary alicyclic amines) is 1. The first-order valence-electron chi connectivity index (χ1n) is 10.8. The van der Waals surface area contributed by atoms with Crippen molar-refractivity contribution in [3.05, 3.63) is 70.4 Å². The van der Waals surface area contributed by atoms with E-state index >= 15 is 0 Å². The first kappa shape index (κ1) is 22.5. The number of Topliss-reactive ketones (excluding diaryl/α,β-unsaturated/α-hetero) is 1. The number of carbonyl (C=O) groups excluding carboxylic acids is 3. The number of benzene rings is 2. The lowest BCUT2D eigenvalue weighted by atomic mass is 10.1. The third kappa shape index (κ3) is 4.82. The second kappa shape index (κ2) is 9.15. The molecule has 176 valence electrons. The molecule has 3 heterocycles. The van der Waals surface area contributed by atoms with E-state index in [4.69, 9.17) is 11.6 Å². The maximum absolute atomic E-state index is 12.5. The summed E-state index contributed by atoms with van der Waals surface area (Å²) in [5.41, 5.74) is 3.21. The molecule has 35 heavy (non-hydrogen) atoms. The molecule has 3 amide bonds. The fourth-order valence-corrected chi connectivity index (χ4v) is 3.86. The molecule has 2 aliphatic rings. The fourth-order valence-electron chi connectivity index (χ4n) is 3.72. The lowest BCUT2D eigenvalue weighted by Gasteiger charge is -2.39. The molecule has 1 fully saturated rings. The summed E-state index contributed by atoms with van der Waals surface area (Å²) in [6.45, 7) is 2.44. The van der Waals surface area contributed by atoms with Crippen LogP contribution in [-0.2, 0) is 0 Å². The first-order chi connectivity index (χ1) is 16.9. The van der Waals surface area contributed by atoms with Crippen LogP contribution in [-0.4, -0.2) is 57.9 Å². The SMILES string of the molecule is CC(=O)c1ccc(NC(=O)N2CC(Nc3nc(Nc4ccc5c(c4)C=NC5=O)ncc3Cl)C2)cc1. The maximum atomic E-state index is 12.5. The highest BCUT2D eigenvalue weighted by atomic mass is 35.5. The summed E-state index contributed by atoms with van der Waals surface area (Å²) in [5.74, 6) is 0.502. The van der Waals surface area contributed by atoms with Gasteiger partial charge in [-0.05, 0) is 49.4 Å². The summed E-state index contributed by atoms with van der Waals surface area (Å²) in [4.78, 5) is 49.6. The van der Waals surface area contributed by atoms with Gasteiger partial charge in [-0.1, -0.05) is 11.6 Å². The minimum absolute atomic E-state index is 0.0247. The smallest absolute Gasteiger partial charge is 0.321 e. The van der Waals surface area contributed by atoms with E-state index in [1.165, 1.54) is 19.3 Å². The Morgan fingerprint density at radius 3 is 2.57 bits per heavy atom. The number of urea groups is 1. The Morgan fingerprint density at radius 1 is 1.09 bits per heavy atom. The zero-order chi connectivity index (χ0) is 24.5. The van der Waals surface area contributed by atoms with Gasteiger partial charge in [0.05, 0.1) is 17.8 Å². The number of aliphatic imine (C=N–C) groups is 1. The topological polar surface area (TPSA) is 129 Å². The maximum Gasteiger partial charge on any atom is 0.321 e. The van der Waals surface area contributed by atoms with Crippen molar-refractivity contribution in [2.75, 3.05) is 29.0 Å². The number of anilines is 4. The molecule has 0 bridgehead atoms. The van der Waals surface area contributed by atoms with E-state index in [1.54, 1.807) is 47.4 Å². The van der Waals surface area contributed by atoms with Crippen molar-refractivity contribution in [1.29, 1.82) is 0 Å². The Kier molecular flexibility index (Phi) is 5.87. The molecule has 0 radical (unpaired) electrons. The normalized spacial score (nSPS) is 14.3. The van der Waals surface area contributed by atoms with Crippen LogP contribution >= 0.6 is 11.6 Å². The summed E-state index contributed by atoms with van der Waals surface area (Å²) in [7, 11) is 0. The molecule has 0 unspecified atom stereocenters. The fraction of sp³-hybridized carbons (Fsp3) is 0.167. The van der Waals surface area contributed by atoms with Gasteiger partial charge < -0.3 is 20.9 Å². The second-order valence-corrected chi connectivity index (χ2v) is 8.60. The largest absolute Gasteiger partial charge is 0.362 e. The minimum Gasteiger partial charge on any atom is -0.362 e. The van der Waals surface area contributed by atoms with E-state index in [1.807, 2.05) is 0 Å². The highest BCUT2D eigenvalue weighted by Gasteiger charge is 2.31. The Bertz CT molecular complexity index is 1370. The number of aromatic nitrogens is 2. The van der Waals surface area contributed by atoms with Gasteiger partial charge >= 0.3 is 6.03 Å². The van der Waals surface area contributed by atoms with Gasteiger partial charge in [0, 0.05) is 41.8 Å². The van der Waals surface area contributed by atoms with Gasteiger partial charge in [0.15, 0.2) is 11.6 Å². The van der Waals surface area contributed by atoms with Crippen LogP contribution in [0.4, 0.5) is 27.9 Å². The number of nitrogens with zero attached hydrogens (tertiary/aromatic N) is 4. The molecule has 3 aromatic rings. The molecule has 1 aromatic heterocycles. The van der Waals surface area contributed by atoms with Crippen molar-refractivity contribution < 1.29 is 14.4 Å². The van der Waals surface area contributed by atoms with Gasteiger partial charge in [0.25, 0.3) is 5.91 Å². The Balaban J connectivity index is 1.17. The summed E-state index contributed by atoms with van der Waals surface area (Å²) < 4.78 is 0. The van der Waals surface area contributed by atoms with Crippen LogP contribution in [0.3, 0.4) is 0 Å². The second-order valence-electron chi connectivity index (χ2n) is 8.19. The molecule has 1 saturated heterocycles. The van der Waals surface area contributed by atoms with Crippen LogP contribution in [0.5, 0.6) is 0 Å². The van der Waals surface area contributed by atoms with Crippen LogP contribution in [0, 0.1) is 0 Å². The molecule has 3 N–H and O–H groups in total. The van der Waals surface area contributed by atoms with E-state index in [0.717, 1.165) is 5.56 Å². The van der Waals surface area contributed by atoms with Crippen molar-refractivity contribution in [1.82, 2.24) is 14.9 Å². The molecule has 11 heteroatoms. The molecule has 0 aliphatic carbocycles. The van der Waals surface area contributed by atoms with Gasteiger partial charge in [0.2, 0.25) is 5.95 Å². The zero-order valence-electron chi connectivity index (χ0n) is 18.6. The summed E-state index contributed by atoms with van der Waals surface area (Å²) in [5, 5.41) is 9.52. The Morgan fingerprint density at radius 2 is 1.83 bits per heavy atom. The van der Waals surface area contributed by atoms with Crippen LogP contribution in [0.25, 0.3) is 0 Å². The highest BCUT2D eigenvalue weighted by Crippen LogP contribution is 2.26. The number of halogens is 1. The van der Waals surface area contributed by atoms with E-state index in [2.05, 4.69) is 30.9 Å².